The number of aromatic nitrogens is 1. The SMILES string of the molecule is O=C1CN(c2ccc(C(=O)N3CCc4ccccc43)cn2)CCN1Cc1ccc(Cl)cc1. The van der Waals surface area contributed by atoms with E-state index in [2.05, 4.69) is 11.1 Å². The van der Waals surface area contributed by atoms with Gasteiger partial charge < -0.3 is 14.7 Å². The monoisotopic (exact) mass is 446 g/mol. The minimum absolute atomic E-state index is 0.0436. The van der Waals surface area contributed by atoms with Gasteiger partial charge in [0.25, 0.3) is 5.91 Å². The molecule has 1 fully saturated rings. The summed E-state index contributed by atoms with van der Waals surface area (Å²) < 4.78 is 0. The molecule has 0 N–H and O–H groups in total. The fourth-order valence-corrected chi connectivity index (χ4v) is 4.41. The van der Waals surface area contributed by atoms with Crippen LogP contribution in [0.25, 0.3) is 0 Å². The standard InChI is InChI=1S/C25H23ClN4O2/c26-21-8-5-18(6-9-21)16-29-14-13-28(17-24(29)31)23-10-7-20(15-27-23)25(32)30-12-11-19-3-1-2-4-22(19)30/h1-10,15H,11-14,16-17H2. The minimum atomic E-state index is -0.0436. The van der Waals surface area contributed by atoms with Crippen molar-refractivity contribution in [3.8, 4) is 0 Å². The summed E-state index contributed by atoms with van der Waals surface area (Å²) in [4.78, 5) is 35.8. The molecule has 0 unspecified atom stereocenters. The second-order valence-electron chi connectivity index (χ2n) is 8.10. The number of halogens is 1. The topological polar surface area (TPSA) is 56.8 Å². The molecule has 2 aliphatic rings. The van der Waals surface area contributed by atoms with Crippen LogP contribution in [-0.2, 0) is 17.8 Å². The van der Waals surface area contributed by atoms with Gasteiger partial charge in [0.05, 0.1) is 12.1 Å². The van der Waals surface area contributed by atoms with E-state index in [1.165, 1.54) is 5.56 Å². The van der Waals surface area contributed by atoms with Crippen LogP contribution >= 0.6 is 11.6 Å². The molecular formula is C25H23ClN4O2. The first kappa shape index (κ1) is 20.5. The molecule has 0 atom stereocenters. The Morgan fingerprint density at radius 3 is 2.53 bits per heavy atom. The number of rotatable bonds is 4. The molecule has 0 saturated carbocycles. The number of amides is 2. The Hall–Kier alpha value is -3.38. The van der Waals surface area contributed by atoms with Crippen molar-refractivity contribution < 1.29 is 9.59 Å². The van der Waals surface area contributed by atoms with Crippen LogP contribution in [-0.4, -0.2) is 47.9 Å². The van der Waals surface area contributed by atoms with Gasteiger partial charge in [-0.2, -0.15) is 0 Å². The van der Waals surface area contributed by atoms with Crippen molar-refractivity contribution in [3.63, 3.8) is 0 Å². The van der Waals surface area contributed by atoms with Crippen LogP contribution < -0.4 is 9.80 Å². The van der Waals surface area contributed by atoms with Crippen LogP contribution in [0.5, 0.6) is 0 Å². The molecule has 0 spiro atoms. The van der Waals surface area contributed by atoms with Crippen molar-refractivity contribution in [1.82, 2.24) is 9.88 Å². The lowest BCUT2D eigenvalue weighted by molar-refractivity contribution is -0.131. The molecule has 2 amide bonds. The van der Waals surface area contributed by atoms with Gasteiger partial charge in [-0.3, -0.25) is 9.59 Å². The maximum Gasteiger partial charge on any atom is 0.259 e. The van der Waals surface area contributed by atoms with E-state index >= 15 is 0 Å². The van der Waals surface area contributed by atoms with Crippen LogP contribution in [0.2, 0.25) is 5.02 Å². The molecule has 0 bridgehead atoms. The number of hydrogen-bond acceptors (Lipinski definition) is 4. The molecule has 5 rings (SSSR count). The van der Waals surface area contributed by atoms with E-state index in [9.17, 15) is 9.59 Å². The molecule has 2 aliphatic heterocycles. The highest BCUT2D eigenvalue weighted by atomic mass is 35.5. The average molecular weight is 447 g/mol. The molecule has 0 aliphatic carbocycles. The molecule has 1 saturated heterocycles. The van der Waals surface area contributed by atoms with E-state index in [-0.39, 0.29) is 18.4 Å². The highest BCUT2D eigenvalue weighted by Gasteiger charge is 2.27. The molecule has 162 valence electrons. The number of carbonyl (C=O) groups excluding carboxylic acids is 2. The summed E-state index contributed by atoms with van der Waals surface area (Å²) in [6, 6.07) is 19.2. The van der Waals surface area contributed by atoms with Gasteiger partial charge in [-0.25, -0.2) is 4.98 Å². The van der Waals surface area contributed by atoms with Crippen LogP contribution in [0.15, 0.2) is 66.9 Å². The Morgan fingerprint density at radius 2 is 1.78 bits per heavy atom. The summed E-state index contributed by atoms with van der Waals surface area (Å²) in [5, 5.41) is 0.687. The van der Waals surface area contributed by atoms with Crippen molar-refractivity contribution in [1.29, 1.82) is 0 Å². The van der Waals surface area contributed by atoms with E-state index in [0.29, 0.717) is 42.6 Å². The Morgan fingerprint density at radius 1 is 0.969 bits per heavy atom. The number of piperazine rings is 1. The third kappa shape index (κ3) is 4.06. The fourth-order valence-electron chi connectivity index (χ4n) is 4.29. The first-order chi connectivity index (χ1) is 15.6. The van der Waals surface area contributed by atoms with E-state index in [1.54, 1.807) is 12.3 Å². The molecule has 2 aromatic carbocycles. The summed E-state index contributed by atoms with van der Waals surface area (Å²) >= 11 is 5.94. The number of carbonyl (C=O) groups is 2. The number of benzene rings is 2. The Balaban J connectivity index is 1.23. The number of nitrogens with zero attached hydrogens (tertiary/aromatic N) is 4. The smallest absolute Gasteiger partial charge is 0.259 e. The van der Waals surface area contributed by atoms with Crippen molar-refractivity contribution >= 4 is 34.9 Å². The number of hydrogen-bond donors (Lipinski definition) is 0. The summed E-state index contributed by atoms with van der Waals surface area (Å²) in [6.45, 7) is 2.84. The van der Waals surface area contributed by atoms with Gasteiger partial charge in [-0.05, 0) is 47.9 Å². The van der Waals surface area contributed by atoms with Crippen LogP contribution in [0.1, 0.15) is 21.5 Å². The van der Waals surface area contributed by atoms with E-state index in [1.807, 2.05) is 63.2 Å². The van der Waals surface area contributed by atoms with Gasteiger partial charge in [0.1, 0.15) is 5.82 Å². The largest absolute Gasteiger partial charge is 0.346 e. The van der Waals surface area contributed by atoms with Gasteiger partial charge in [-0.15, -0.1) is 0 Å². The zero-order valence-electron chi connectivity index (χ0n) is 17.6. The van der Waals surface area contributed by atoms with E-state index in [0.717, 1.165) is 17.7 Å². The van der Waals surface area contributed by atoms with Gasteiger partial charge in [0, 0.05) is 43.1 Å². The Labute approximate surface area is 192 Å². The van der Waals surface area contributed by atoms with Crippen molar-refractivity contribution in [2.24, 2.45) is 0 Å². The van der Waals surface area contributed by atoms with Crippen molar-refractivity contribution in [2.45, 2.75) is 13.0 Å². The van der Waals surface area contributed by atoms with Crippen molar-refractivity contribution in [3.05, 3.63) is 88.6 Å². The number of anilines is 2. The normalized spacial score (nSPS) is 15.8. The fraction of sp³-hybridized carbons (Fsp3) is 0.240. The molecule has 7 heteroatoms. The minimum Gasteiger partial charge on any atom is -0.346 e. The Bertz CT molecular complexity index is 1150. The summed E-state index contributed by atoms with van der Waals surface area (Å²) in [6.07, 6.45) is 2.49. The van der Waals surface area contributed by atoms with E-state index in [4.69, 9.17) is 11.6 Å². The maximum atomic E-state index is 13.0. The average Bonchev–Trinajstić information content (AvgIpc) is 3.26. The molecule has 3 heterocycles. The third-order valence-electron chi connectivity index (χ3n) is 6.06. The number of para-hydroxylation sites is 1. The highest BCUT2D eigenvalue weighted by molar-refractivity contribution is 6.30. The first-order valence-electron chi connectivity index (χ1n) is 10.7. The van der Waals surface area contributed by atoms with Gasteiger partial charge >= 0.3 is 0 Å². The predicted molar refractivity (Wildman–Crippen MR) is 125 cm³/mol. The molecule has 6 nitrogen and oxygen atoms in total. The summed E-state index contributed by atoms with van der Waals surface area (Å²) in [7, 11) is 0. The second-order valence-corrected chi connectivity index (χ2v) is 8.54. The van der Waals surface area contributed by atoms with E-state index < -0.39 is 0 Å². The molecule has 1 aromatic heterocycles. The molecule has 0 radical (unpaired) electrons. The van der Waals surface area contributed by atoms with Crippen LogP contribution in [0, 0.1) is 0 Å². The van der Waals surface area contributed by atoms with Crippen molar-refractivity contribution in [2.75, 3.05) is 36.0 Å². The number of pyridine rings is 1. The molecular weight excluding hydrogens is 424 g/mol. The molecule has 32 heavy (non-hydrogen) atoms. The van der Waals surface area contributed by atoms with Gasteiger partial charge in [0.15, 0.2) is 0 Å². The zero-order valence-corrected chi connectivity index (χ0v) is 18.3. The number of fused-ring (bicyclic) bond motifs is 1. The highest BCUT2D eigenvalue weighted by Crippen LogP contribution is 2.29. The van der Waals surface area contributed by atoms with Crippen LogP contribution in [0.3, 0.4) is 0 Å². The lowest BCUT2D eigenvalue weighted by atomic mass is 10.1. The quantitative estimate of drug-likeness (QED) is 0.612. The zero-order chi connectivity index (χ0) is 22.1. The third-order valence-corrected chi connectivity index (χ3v) is 6.31. The maximum absolute atomic E-state index is 13.0. The van der Waals surface area contributed by atoms with Crippen LogP contribution in [0.4, 0.5) is 11.5 Å². The lowest BCUT2D eigenvalue weighted by Gasteiger charge is -2.35. The first-order valence-corrected chi connectivity index (χ1v) is 11.1. The summed E-state index contributed by atoms with van der Waals surface area (Å²) in [5.41, 5.74) is 3.78. The van der Waals surface area contributed by atoms with Gasteiger partial charge in [0.2, 0.25) is 5.91 Å². The lowest BCUT2D eigenvalue weighted by Crippen LogP contribution is -2.50. The van der Waals surface area contributed by atoms with Gasteiger partial charge in [-0.1, -0.05) is 41.9 Å². The predicted octanol–water partition coefficient (Wildman–Crippen LogP) is 3.79. The Kier molecular flexibility index (Phi) is 5.53. The second kappa shape index (κ2) is 8.63. The summed E-state index contributed by atoms with van der Waals surface area (Å²) in [5.74, 6) is 0.725. The molecule has 3 aromatic rings.